The van der Waals surface area contributed by atoms with Crippen LogP contribution in [0.25, 0.3) is 0 Å². The highest BCUT2D eigenvalue weighted by molar-refractivity contribution is 7.47. The predicted molar refractivity (Wildman–Crippen MR) is 303 cm³/mol. The van der Waals surface area contributed by atoms with E-state index in [1.807, 2.05) is 0 Å². The Hall–Kier alpha value is -1.77. The van der Waals surface area contributed by atoms with Gasteiger partial charge < -0.3 is 20.1 Å². The van der Waals surface area contributed by atoms with E-state index in [0.29, 0.717) is 6.42 Å². The Morgan fingerprint density at radius 1 is 0.423 bits per heavy atom. The van der Waals surface area contributed by atoms with E-state index >= 15 is 0 Å². The molecule has 0 aliphatic heterocycles. The number of phosphoric acid groups is 1. The van der Waals surface area contributed by atoms with Gasteiger partial charge in [0.1, 0.15) is 6.61 Å². The van der Waals surface area contributed by atoms with Gasteiger partial charge in [0.15, 0.2) is 6.10 Å². The number of rotatable bonds is 58. The van der Waals surface area contributed by atoms with E-state index in [4.69, 9.17) is 24.3 Å². The second kappa shape index (κ2) is 57.5. The largest absolute Gasteiger partial charge is 0.472 e. The molecule has 0 rings (SSSR count). The molecule has 3 N–H and O–H groups in total. The summed E-state index contributed by atoms with van der Waals surface area (Å²) in [7, 11) is -4.39. The molecule has 418 valence electrons. The number of carbonyl (C=O) groups excluding carboxylic acids is 2. The lowest BCUT2D eigenvalue weighted by Crippen LogP contribution is -2.29. The molecule has 2 atom stereocenters. The van der Waals surface area contributed by atoms with Crippen LogP contribution < -0.4 is 5.73 Å². The van der Waals surface area contributed by atoms with Gasteiger partial charge in [-0.05, 0) is 51.4 Å². The van der Waals surface area contributed by atoms with Crippen molar-refractivity contribution in [2.75, 3.05) is 26.4 Å². The lowest BCUT2D eigenvalue weighted by atomic mass is 10.0. The second-order valence-corrected chi connectivity index (χ2v) is 22.0. The van der Waals surface area contributed by atoms with Crippen molar-refractivity contribution in [1.82, 2.24) is 0 Å². The summed E-state index contributed by atoms with van der Waals surface area (Å²) in [6.45, 7) is 3.77. The molecule has 0 radical (unpaired) electrons. The SMILES string of the molecule is CCCCCCC/C=C\C/C=C\C/C=C\CCCCCCCCC(=O)OC(COC(=O)CCCCCCCCCCCCCCCCCCCCCCCCCCCCCCC)COP(=O)(O)OCCN. The molecule has 0 aliphatic rings. The average Bonchev–Trinajstić information content (AvgIpc) is 3.36. The number of hydrogen-bond acceptors (Lipinski definition) is 8. The maximum Gasteiger partial charge on any atom is 0.472 e. The van der Waals surface area contributed by atoms with Crippen LogP contribution in [0, 0.1) is 0 Å². The van der Waals surface area contributed by atoms with E-state index in [9.17, 15) is 19.0 Å². The number of nitrogens with two attached hydrogens (primary N) is 1. The Labute approximate surface area is 439 Å². The monoisotopic (exact) mass is 1020 g/mol. The van der Waals surface area contributed by atoms with Crippen molar-refractivity contribution in [3.05, 3.63) is 36.5 Å². The van der Waals surface area contributed by atoms with Crippen molar-refractivity contribution in [3.63, 3.8) is 0 Å². The van der Waals surface area contributed by atoms with Crippen LogP contribution >= 0.6 is 7.82 Å². The van der Waals surface area contributed by atoms with E-state index in [2.05, 4.69) is 50.3 Å². The van der Waals surface area contributed by atoms with Crippen molar-refractivity contribution in [3.8, 4) is 0 Å². The molecule has 0 spiro atoms. The Kier molecular flexibility index (Phi) is 56.1. The standard InChI is InChI=1S/C61H116NO8P/c1-3-5-7-9-11-13-15-17-19-21-23-25-26-27-28-29-30-31-32-34-35-37-39-41-43-45-47-49-51-53-60(63)67-57-59(58-69-71(65,66)68-56-55-62)70-61(64)54-52-50-48-46-44-42-40-38-36-33-24-22-20-18-16-14-12-10-8-6-4-2/h16,18,22,24,36,38,59H,3-15,17,19-21,23,25-35,37,39-58,62H2,1-2H3,(H,65,66)/b18-16-,24-22-,38-36-. The lowest BCUT2D eigenvalue weighted by Gasteiger charge is -2.19. The number of esters is 2. The first-order chi connectivity index (χ1) is 34.8. The van der Waals surface area contributed by atoms with E-state index < -0.39 is 26.5 Å². The molecule has 0 heterocycles. The highest BCUT2D eigenvalue weighted by atomic mass is 31.2. The first-order valence-electron chi connectivity index (χ1n) is 30.5. The molecule has 0 fully saturated rings. The molecule has 71 heavy (non-hydrogen) atoms. The number of hydrogen-bond donors (Lipinski definition) is 2. The van der Waals surface area contributed by atoms with Crippen molar-refractivity contribution >= 4 is 19.8 Å². The number of phosphoric ester groups is 1. The zero-order valence-electron chi connectivity index (χ0n) is 46.7. The fourth-order valence-electron chi connectivity index (χ4n) is 9.00. The van der Waals surface area contributed by atoms with Gasteiger partial charge in [-0.3, -0.25) is 18.6 Å². The molecule has 0 aliphatic carbocycles. The maximum absolute atomic E-state index is 12.7. The van der Waals surface area contributed by atoms with Crippen LogP contribution in [0.15, 0.2) is 36.5 Å². The minimum Gasteiger partial charge on any atom is -0.462 e. The van der Waals surface area contributed by atoms with Crippen molar-refractivity contribution < 1.29 is 37.6 Å². The Balaban J connectivity index is 3.91. The number of ether oxygens (including phenoxy) is 2. The third-order valence-electron chi connectivity index (χ3n) is 13.5. The van der Waals surface area contributed by atoms with Crippen LogP contribution in [-0.4, -0.2) is 49.3 Å². The van der Waals surface area contributed by atoms with Gasteiger partial charge in [0, 0.05) is 19.4 Å². The van der Waals surface area contributed by atoms with Crippen LogP contribution in [0.3, 0.4) is 0 Å². The molecular weight excluding hydrogens is 906 g/mol. The topological polar surface area (TPSA) is 134 Å². The molecule has 0 saturated carbocycles. The zero-order chi connectivity index (χ0) is 51.7. The normalized spacial score (nSPS) is 13.2. The number of allylic oxidation sites excluding steroid dienone is 6. The smallest absolute Gasteiger partial charge is 0.462 e. The van der Waals surface area contributed by atoms with Gasteiger partial charge in [0.25, 0.3) is 0 Å². The Morgan fingerprint density at radius 2 is 0.732 bits per heavy atom. The van der Waals surface area contributed by atoms with Gasteiger partial charge in [0.05, 0.1) is 13.2 Å². The molecule has 0 aromatic rings. The van der Waals surface area contributed by atoms with E-state index in [-0.39, 0.29) is 38.6 Å². The van der Waals surface area contributed by atoms with Crippen LogP contribution in [-0.2, 0) is 32.7 Å². The van der Waals surface area contributed by atoms with Crippen LogP contribution in [0.2, 0.25) is 0 Å². The first kappa shape index (κ1) is 69.2. The van der Waals surface area contributed by atoms with E-state index in [1.54, 1.807) is 0 Å². The molecule has 9 nitrogen and oxygen atoms in total. The van der Waals surface area contributed by atoms with Gasteiger partial charge in [0.2, 0.25) is 0 Å². The fourth-order valence-corrected chi connectivity index (χ4v) is 9.76. The lowest BCUT2D eigenvalue weighted by molar-refractivity contribution is -0.161. The molecule has 0 amide bonds. The highest BCUT2D eigenvalue weighted by Gasteiger charge is 2.26. The van der Waals surface area contributed by atoms with Crippen molar-refractivity contribution in [1.29, 1.82) is 0 Å². The molecule has 0 bridgehead atoms. The zero-order valence-corrected chi connectivity index (χ0v) is 47.6. The van der Waals surface area contributed by atoms with Crippen molar-refractivity contribution in [2.45, 2.75) is 315 Å². The summed E-state index contributed by atoms with van der Waals surface area (Å²) in [6.07, 6.45) is 69.3. The maximum atomic E-state index is 12.7. The van der Waals surface area contributed by atoms with Gasteiger partial charge >= 0.3 is 19.8 Å². The van der Waals surface area contributed by atoms with Gasteiger partial charge in [-0.2, -0.15) is 0 Å². The quantitative estimate of drug-likeness (QED) is 0.0264. The molecule has 0 saturated heterocycles. The predicted octanol–water partition coefficient (Wildman–Crippen LogP) is 19.2. The van der Waals surface area contributed by atoms with Gasteiger partial charge in [-0.1, -0.05) is 281 Å². The van der Waals surface area contributed by atoms with Crippen LogP contribution in [0.1, 0.15) is 309 Å². The third-order valence-corrected chi connectivity index (χ3v) is 14.5. The molecule has 10 heteroatoms. The number of unbranched alkanes of at least 4 members (excludes halogenated alkanes) is 39. The second-order valence-electron chi connectivity index (χ2n) is 20.6. The van der Waals surface area contributed by atoms with Crippen molar-refractivity contribution in [2.24, 2.45) is 5.73 Å². The molecule has 0 aromatic carbocycles. The highest BCUT2D eigenvalue weighted by Crippen LogP contribution is 2.43. The summed E-state index contributed by atoms with van der Waals surface area (Å²) in [6, 6.07) is 0. The molecule has 0 aromatic heterocycles. The van der Waals surface area contributed by atoms with E-state index in [0.717, 1.165) is 70.6 Å². The van der Waals surface area contributed by atoms with Gasteiger partial charge in [-0.15, -0.1) is 0 Å². The molecular formula is C61H116NO8P. The van der Waals surface area contributed by atoms with Crippen LogP contribution in [0.5, 0.6) is 0 Å². The summed E-state index contributed by atoms with van der Waals surface area (Å²) in [4.78, 5) is 35.2. The first-order valence-corrected chi connectivity index (χ1v) is 32.0. The van der Waals surface area contributed by atoms with E-state index in [1.165, 1.54) is 205 Å². The average molecular weight is 1020 g/mol. The number of carbonyl (C=O) groups is 2. The van der Waals surface area contributed by atoms with Crippen LogP contribution in [0.4, 0.5) is 0 Å². The molecule has 2 unspecified atom stereocenters. The fraction of sp³-hybridized carbons (Fsp3) is 0.869. The minimum absolute atomic E-state index is 0.0519. The Morgan fingerprint density at radius 3 is 1.08 bits per heavy atom. The summed E-state index contributed by atoms with van der Waals surface area (Å²) < 4.78 is 33.0. The summed E-state index contributed by atoms with van der Waals surface area (Å²) in [5.74, 6) is -0.828. The minimum atomic E-state index is -4.39. The van der Waals surface area contributed by atoms with Gasteiger partial charge in [-0.25, -0.2) is 4.57 Å². The summed E-state index contributed by atoms with van der Waals surface area (Å²) in [5, 5.41) is 0. The third kappa shape index (κ3) is 57.4. The summed E-state index contributed by atoms with van der Waals surface area (Å²) >= 11 is 0. The summed E-state index contributed by atoms with van der Waals surface area (Å²) in [5.41, 5.74) is 5.38. The Bertz CT molecular complexity index is 1260.